The molecule has 3 fully saturated rings. The van der Waals surface area contributed by atoms with E-state index in [9.17, 15) is 19.5 Å². The number of aliphatic hydroxyl groups excluding tert-OH is 1. The third-order valence-electron chi connectivity index (χ3n) is 13.0. The van der Waals surface area contributed by atoms with Gasteiger partial charge in [0.25, 0.3) is 0 Å². The van der Waals surface area contributed by atoms with Gasteiger partial charge in [-0.05, 0) is 74.2 Å². The molecule has 0 bridgehead atoms. The van der Waals surface area contributed by atoms with Gasteiger partial charge in [0, 0.05) is 36.1 Å². The monoisotopic (exact) mass is 665 g/mol. The molecule has 8 atom stereocenters. The zero-order valence-corrected chi connectivity index (χ0v) is 30.8. The summed E-state index contributed by atoms with van der Waals surface area (Å²) in [6.07, 6.45) is 11.8. The summed E-state index contributed by atoms with van der Waals surface area (Å²) >= 11 is 1.62. The first-order chi connectivity index (χ1) is 21.8. The Morgan fingerprint density at radius 1 is 1.07 bits per heavy atom. The van der Waals surface area contributed by atoms with Crippen LogP contribution in [-0.2, 0) is 19.1 Å². The van der Waals surface area contributed by atoms with Gasteiger partial charge in [-0.25, -0.2) is 0 Å². The van der Waals surface area contributed by atoms with Crippen molar-refractivity contribution in [1.29, 1.82) is 0 Å². The minimum atomic E-state index is -0.587. The summed E-state index contributed by atoms with van der Waals surface area (Å²) in [5.41, 5.74) is 9.93. The number of nitrogens with zero attached hydrogens (tertiary/aromatic N) is 1. The number of hydrogen-bond donors (Lipinski definition) is 3. The smallest absolute Gasteiger partial charge is 0.316 e. The predicted octanol–water partition coefficient (Wildman–Crippen LogP) is 6.11. The number of esters is 1. The van der Waals surface area contributed by atoms with Gasteiger partial charge in [-0.15, -0.1) is 11.8 Å². The molecule has 0 spiro atoms. The first-order valence-electron chi connectivity index (χ1n) is 18.5. The van der Waals surface area contributed by atoms with E-state index < -0.39 is 23.0 Å². The molecule has 1 saturated heterocycles. The summed E-state index contributed by atoms with van der Waals surface area (Å²) < 4.78 is 6.61. The maximum absolute atomic E-state index is 14.0. The standard InChI is InChI=1S/C37H67N3O5S/c1-7-26(3)36(6)30(45-32(43)25-46-28-16-21-40(22-17-28)31(42)24-39)23-35(5,18-13-11-9-10-12-14-20-38)34(44)27(4)37(8-2)19-15-29(41)33(36)37/h26-28,30,33-34,44H,7-25,38-39H2,1-6H3/t26-,27+,30-,33+,34+,35+,36+,37+/m1/s1. The quantitative estimate of drug-likeness (QED) is 0.133. The van der Waals surface area contributed by atoms with Crippen LogP contribution >= 0.6 is 11.8 Å². The molecule has 0 radical (unpaired) electrons. The lowest BCUT2D eigenvalue weighted by Gasteiger charge is -2.59. The van der Waals surface area contributed by atoms with Crippen LogP contribution in [-0.4, -0.2) is 77.1 Å². The summed E-state index contributed by atoms with van der Waals surface area (Å²) in [6, 6.07) is 0. The Morgan fingerprint density at radius 3 is 2.28 bits per heavy atom. The van der Waals surface area contributed by atoms with Gasteiger partial charge in [-0.1, -0.05) is 80.1 Å². The van der Waals surface area contributed by atoms with Crippen molar-refractivity contribution in [3.63, 3.8) is 0 Å². The third kappa shape index (κ3) is 8.52. The average molecular weight is 666 g/mol. The highest BCUT2D eigenvalue weighted by Crippen LogP contribution is 2.64. The fourth-order valence-corrected chi connectivity index (χ4v) is 10.6. The number of unbranched alkanes of at least 4 members (excludes halogenated alkanes) is 5. The summed E-state index contributed by atoms with van der Waals surface area (Å²) in [4.78, 5) is 41.6. The highest BCUT2D eigenvalue weighted by molar-refractivity contribution is 8.00. The van der Waals surface area contributed by atoms with E-state index in [-0.39, 0.29) is 58.4 Å². The average Bonchev–Trinajstić information content (AvgIpc) is 3.41. The second kappa shape index (κ2) is 17.5. The number of aliphatic hydroxyl groups is 1. The van der Waals surface area contributed by atoms with E-state index in [0.717, 1.165) is 77.2 Å². The van der Waals surface area contributed by atoms with Gasteiger partial charge in [-0.3, -0.25) is 14.4 Å². The number of amides is 1. The van der Waals surface area contributed by atoms with Gasteiger partial charge in [0.2, 0.25) is 5.91 Å². The van der Waals surface area contributed by atoms with Crippen LogP contribution in [0.4, 0.5) is 0 Å². The molecule has 0 unspecified atom stereocenters. The van der Waals surface area contributed by atoms with Crippen molar-refractivity contribution in [3.8, 4) is 0 Å². The fourth-order valence-electron chi connectivity index (χ4n) is 9.61. The molecule has 1 aliphatic heterocycles. The molecule has 8 nitrogen and oxygen atoms in total. The van der Waals surface area contributed by atoms with E-state index in [1.165, 1.54) is 6.42 Å². The van der Waals surface area contributed by atoms with Gasteiger partial charge >= 0.3 is 5.97 Å². The molecule has 3 rings (SSSR count). The van der Waals surface area contributed by atoms with Gasteiger partial charge in [-0.2, -0.15) is 0 Å². The molecule has 2 aliphatic carbocycles. The molecule has 9 heteroatoms. The summed E-state index contributed by atoms with van der Waals surface area (Å²) in [7, 11) is 0. The lowest BCUT2D eigenvalue weighted by molar-refractivity contribution is -0.197. The van der Waals surface area contributed by atoms with Gasteiger partial charge in [0.05, 0.1) is 18.4 Å². The van der Waals surface area contributed by atoms with Crippen LogP contribution in [0.3, 0.4) is 0 Å². The van der Waals surface area contributed by atoms with Gasteiger partial charge in [0.15, 0.2) is 0 Å². The molecule has 1 heterocycles. The molecular weight excluding hydrogens is 598 g/mol. The number of ketones is 1. The van der Waals surface area contributed by atoms with Gasteiger partial charge < -0.3 is 26.2 Å². The van der Waals surface area contributed by atoms with Crippen molar-refractivity contribution >= 4 is 29.4 Å². The molecule has 1 amide bonds. The van der Waals surface area contributed by atoms with Crippen molar-refractivity contribution in [3.05, 3.63) is 0 Å². The highest BCUT2D eigenvalue weighted by atomic mass is 32.2. The minimum absolute atomic E-state index is 0.0211. The number of hydrogen-bond acceptors (Lipinski definition) is 8. The topological polar surface area (TPSA) is 136 Å². The zero-order chi connectivity index (χ0) is 34.1. The number of ether oxygens (including phenoxy) is 1. The summed E-state index contributed by atoms with van der Waals surface area (Å²) in [5.74, 6) is 0.143. The van der Waals surface area contributed by atoms with E-state index in [1.54, 1.807) is 11.8 Å². The molecule has 0 aromatic carbocycles. The van der Waals surface area contributed by atoms with Crippen LogP contribution in [0.1, 0.15) is 131 Å². The Morgan fingerprint density at radius 2 is 1.70 bits per heavy atom. The molecule has 3 aliphatic rings. The van der Waals surface area contributed by atoms with Crippen LogP contribution in [0.2, 0.25) is 0 Å². The number of likely N-dealkylation sites (tertiary alicyclic amines) is 1. The molecular formula is C37H67N3O5S. The van der Waals surface area contributed by atoms with Crippen LogP contribution in [0.15, 0.2) is 0 Å². The second-order valence-electron chi connectivity index (χ2n) is 15.5. The van der Waals surface area contributed by atoms with Crippen molar-refractivity contribution in [2.75, 3.05) is 31.9 Å². The van der Waals surface area contributed by atoms with E-state index >= 15 is 0 Å². The van der Waals surface area contributed by atoms with Crippen molar-refractivity contribution in [1.82, 2.24) is 4.90 Å². The molecule has 46 heavy (non-hydrogen) atoms. The maximum Gasteiger partial charge on any atom is 0.316 e. The summed E-state index contributed by atoms with van der Waals surface area (Å²) in [6.45, 7) is 15.4. The molecule has 0 aromatic heterocycles. The zero-order valence-electron chi connectivity index (χ0n) is 30.0. The predicted molar refractivity (Wildman–Crippen MR) is 188 cm³/mol. The van der Waals surface area contributed by atoms with E-state index in [2.05, 4.69) is 41.5 Å². The molecule has 5 N–H and O–H groups in total. The first-order valence-corrected chi connectivity index (χ1v) is 19.6. The van der Waals surface area contributed by atoms with Crippen molar-refractivity contribution in [2.45, 2.75) is 149 Å². The lowest BCUT2D eigenvalue weighted by Crippen LogP contribution is -2.61. The summed E-state index contributed by atoms with van der Waals surface area (Å²) in [5, 5.41) is 12.6. The SMILES string of the molecule is CC[C@@H](C)[C@]1(C)[C@@H]2C(=O)CC[C@@]2(CC)[C@@H](C)[C@H](O)[C@@](C)(CCCCCCCCN)C[C@H]1OC(=O)CSC1CCN(C(=O)CN)CC1. The van der Waals surface area contributed by atoms with Gasteiger partial charge in [0.1, 0.15) is 11.9 Å². The van der Waals surface area contributed by atoms with E-state index in [0.29, 0.717) is 25.9 Å². The number of carbonyl (C=O) groups excluding carboxylic acids is 3. The minimum Gasteiger partial charge on any atom is -0.461 e. The third-order valence-corrected chi connectivity index (χ3v) is 14.4. The molecule has 0 aromatic rings. The van der Waals surface area contributed by atoms with Crippen LogP contribution in [0.5, 0.6) is 0 Å². The highest BCUT2D eigenvalue weighted by Gasteiger charge is 2.65. The second-order valence-corrected chi connectivity index (χ2v) is 16.8. The lowest BCUT2D eigenvalue weighted by atomic mass is 9.47. The Labute approximate surface area is 284 Å². The largest absolute Gasteiger partial charge is 0.461 e. The van der Waals surface area contributed by atoms with E-state index in [4.69, 9.17) is 16.2 Å². The molecule has 2 saturated carbocycles. The Bertz CT molecular complexity index is 1010. The number of Topliss-reactive ketones (excluding diaryl/α,β-unsaturated/α-hetero) is 1. The number of fused-ring (bicyclic) bond motifs is 1. The Kier molecular flexibility index (Phi) is 14.9. The van der Waals surface area contributed by atoms with E-state index in [1.807, 2.05) is 4.90 Å². The normalized spacial score (nSPS) is 34.5. The van der Waals surface area contributed by atoms with Crippen molar-refractivity contribution < 1.29 is 24.2 Å². The van der Waals surface area contributed by atoms with Crippen LogP contribution in [0.25, 0.3) is 0 Å². The molecule has 266 valence electrons. The number of piperidine rings is 1. The van der Waals surface area contributed by atoms with Crippen LogP contribution in [0, 0.1) is 34.0 Å². The fraction of sp³-hybridized carbons (Fsp3) is 0.919. The maximum atomic E-state index is 14.0. The number of rotatable bonds is 16. The first kappa shape index (κ1) is 39.3. The number of nitrogens with two attached hydrogens (primary N) is 2. The number of thioether (sulfide) groups is 1. The van der Waals surface area contributed by atoms with Crippen LogP contribution < -0.4 is 11.5 Å². The van der Waals surface area contributed by atoms with Crippen molar-refractivity contribution in [2.24, 2.45) is 45.5 Å². The Hall–Kier alpha value is -1.16. The number of carbonyl (C=O) groups is 3. The Balaban J connectivity index is 1.88.